The van der Waals surface area contributed by atoms with Crippen LogP contribution in [0.2, 0.25) is 0 Å². The molecule has 1 aliphatic carbocycles. The van der Waals surface area contributed by atoms with Gasteiger partial charge in [-0.2, -0.15) is 0 Å². The van der Waals surface area contributed by atoms with Gasteiger partial charge in [-0.3, -0.25) is 13.8 Å². The van der Waals surface area contributed by atoms with Gasteiger partial charge in [0.1, 0.15) is 36.6 Å². The van der Waals surface area contributed by atoms with E-state index in [4.69, 9.17) is 9.05 Å². The SMILES string of the molecule is CCCCCCCCCCCCCCCCCCC/C=C/C(O)C(COP(=O)(O)OC1C(O)C(O)C(O)C(O)C1O)NC(=O)CC(O)CCCCCCCCCCCC. The lowest BCUT2D eigenvalue weighted by molar-refractivity contribution is -0.220. The van der Waals surface area contributed by atoms with Gasteiger partial charge in [0.05, 0.1) is 31.3 Å². The molecule has 0 aliphatic heterocycles. The van der Waals surface area contributed by atoms with Crippen molar-refractivity contribution in [3.8, 4) is 0 Å². The summed E-state index contributed by atoms with van der Waals surface area (Å²) >= 11 is 0. The number of aliphatic hydroxyl groups excluding tert-OH is 7. The number of aliphatic hydroxyl groups is 7. The topological polar surface area (TPSA) is 226 Å². The average molecular weight is 866 g/mol. The van der Waals surface area contributed by atoms with Crippen LogP contribution < -0.4 is 5.32 Å². The molecule has 0 aromatic heterocycles. The Morgan fingerprint density at radius 1 is 0.593 bits per heavy atom. The van der Waals surface area contributed by atoms with Crippen LogP contribution in [0.15, 0.2) is 12.2 Å². The summed E-state index contributed by atoms with van der Waals surface area (Å²) in [6, 6.07) is -1.23. The molecule has 13 nitrogen and oxygen atoms in total. The molecule has 0 saturated heterocycles. The van der Waals surface area contributed by atoms with Gasteiger partial charge in [-0.05, 0) is 19.3 Å². The Morgan fingerprint density at radius 2 is 0.966 bits per heavy atom. The molecule has 9 N–H and O–H groups in total. The molecular formula is C45H88NO12P. The normalized spacial score (nSPS) is 23.6. The van der Waals surface area contributed by atoms with Crippen molar-refractivity contribution >= 4 is 13.7 Å². The molecule has 14 heteroatoms. The number of carbonyl (C=O) groups excluding carboxylic acids is 1. The number of amides is 1. The van der Waals surface area contributed by atoms with Crippen molar-refractivity contribution in [2.45, 2.75) is 261 Å². The fourth-order valence-electron chi connectivity index (χ4n) is 7.71. The summed E-state index contributed by atoms with van der Waals surface area (Å²) in [7, 11) is -5.13. The van der Waals surface area contributed by atoms with Gasteiger partial charge >= 0.3 is 7.82 Å². The molecule has 0 radical (unpaired) electrons. The van der Waals surface area contributed by atoms with Crippen molar-refractivity contribution in [1.82, 2.24) is 5.32 Å². The Morgan fingerprint density at radius 3 is 1.39 bits per heavy atom. The Bertz CT molecular complexity index is 1070. The quantitative estimate of drug-likeness (QED) is 0.0164. The van der Waals surface area contributed by atoms with Crippen LogP contribution in [-0.2, 0) is 18.4 Å². The van der Waals surface area contributed by atoms with Crippen LogP contribution in [0.5, 0.6) is 0 Å². The molecule has 1 rings (SSSR count). The third kappa shape index (κ3) is 27.7. The molecule has 350 valence electrons. The lowest BCUT2D eigenvalue weighted by Crippen LogP contribution is -2.64. The number of hydrogen-bond acceptors (Lipinski definition) is 11. The zero-order chi connectivity index (χ0) is 43.7. The van der Waals surface area contributed by atoms with Crippen LogP contribution in [0.25, 0.3) is 0 Å². The first-order chi connectivity index (χ1) is 28.3. The third-order valence-corrected chi connectivity index (χ3v) is 12.6. The summed E-state index contributed by atoms with van der Waals surface area (Å²) in [5.74, 6) is -0.592. The Hall–Kier alpha value is -0.960. The van der Waals surface area contributed by atoms with E-state index < -0.39 is 75.2 Å². The molecule has 8 atom stereocenters. The summed E-state index contributed by atoms with van der Waals surface area (Å²) in [4.78, 5) is 23.4. The van der Waals surface area contributed by atoms with Crippen molar-refractivity contribution in [3.63, 3.8) is 0 Å². The van der Waals surface area contributed by atoms with Crippen LogP contribution in [0.4, 0.5) is 0 Å². The van der Waals surface area contributed by atoms with Gasteiger partial charge in [0, 0.05) is 0 Å². The van der Waals surface area contributed by atoms with Crippen LogP contribution in [0, 0.1) is 0 Å². The number of phosphoric ester groups is 1. The maximum atomic E-state index is 13.0. The van der Waals surface area contributed by atoms with Crippen molar-refractivity contribution in [2.75, 3.05) is 6.61 Å². The minimum Gasteiger partial charge on any atom is -0.393 e. The highest BCUT2D eigenvalue weighted by molar-refractivity contribution is 7.47. The molecule has 0 aromatic carbocycles. The predicted molar refractivity (Wildman–Crippen MR) is 234 cm³/mol. The number of allylic oxidation sites excluding steroid dienone is 1. The summed E-state index contributed by atoms with van der Waals surface area (Å²) in [6.07, 6.45) is 23.1. The van der Waals surface area contributed by atoms with E-state index in [0.29, 0.717) is 12.8 Å². The monoisotopic (exact) mass is 866 g/mol. The highest BCUT2D eigenvalue weighted by atomic mass is 31.2. The lowest BCUT2D eigenvalue weighted by atomic mass is 9.85. The molecular weight excluding hydrogens is 777 g/mol. The summed E-state index contributed by atoms with van der Waals surface area (Å²) in [5, 5.41) is 74.4. The Labute approximate surface area is 357 Å². The number of phosphoric acid groups is 1. The fourth-order valence-corrected chi connectivity index (χ4v) is 8.68. The van der Waals surface area contributed by atoms with Gasteiger partial charge in [0.15, 0.2) is 0 Å². The maximum Gasteiger partial charge on any atom is 0.472 e. The van der Waals surface area contributed by atoms with E-state index in [1.807, 2.05) is 0 Å². The molecule has 59 heavy (non-hydrogen) atoms. The molecule has 1 fully saturated rings. The number of unbranched alkanes of at least 4 members (excludes halogenated alkanes) is 26. The number of rotatable bonds is 39. The van der Waals surface area contributed by atoms with Crippen LogP contribution in [-0.4, -0.2) is 108 Å². The number of hydrogen-bond donors (Lipinski definition) is 9. The van der Waals surface area contributed by atoms with Gasteiger partial charge in [-0.1, -0.05) is 193 Å². The van der Waals surface area contributed by atoms with E-state index in [-0.39, 0.29) is 6.42 Å². The van der Waals surface area contributed by atoms with E-state index in [1.165, 1.54) is 134 Å². The van der Waals surface area contributed by atoms with E-state index >= 15 is 0 Å². The van der Waals surface area contributed by atoms with E-state index in [2.05, 4.69) is 19.2 Å². The van der Waals surface area contributed by atoms with Crippen molar-refractivity contribution in [2.24, 2.45) is 0 Å². The molecule has 1 saturated carbocycles. The minimum atomic E-state index is -5.13. The van der Waals surface area contributed by atoms with E-state index in [9.17, 15) is 50.0 Å². The van der Waals surface area contributed by atoms with Gasteiger partial charge in [0.25, 0.3) is 0 Å². The zero-order valence-electron chi connectivity index (χ0n) is 36.9. The van der Waals surface area contributed by atoms with Gasteiger partial charge < -0.3 is 46.0 Å². The number of nitrogens with one attached hydrogen (secondary N) is 1. The minimum absolute atomic E-state index is 0.241. The average Bonchev–Trinajstić information content (AvgIpc) is 3.21. The van der Waals surface area contributed by atoms with Crippen molar-refractivity contribution in [1.29, 1.82) is 0 Å². The van der Waals surface area contributed by atoms with Crippen LogP contribution in [0.1, 0.15) is 206 Å². The summed E-state index contributed by atoms with van der Waals surface area (Å²) in [6.45, 7) is 3.73. The van der Waals surface area contributed by atoms with Crippen LogP contribution in [0.3, 0.4) is 0 Å². The standard InChI is InChI=1S/C45H88NO12P/c1-3-5-7-9-11-13-15-16-17-18-19-20-21-22-23-25-27-29-31-33-38(48)37(35-57-59(55,56)58-45-43(53)41(51)40(50)42(52)44(45)54)46-39(49)34-36(47)32-30-28-26-24-14-12-10-8-6-4-2/h31,33,36-38,40-45,47-48,50-54H,3-30,32,34-35H2,1-2H3,(H,46,49)(H,55,56)/b33-31+. The van der Waals surface area contributed by atoms with Gasteiger partial charge in [-0.25, -0.2) is 4.57 Å². The highest BCUT2D eigenvalue weighted by Crippen LogP contribution is 2.47. The molecule has 8 unspecified atom stereocenters. The number of carbonyl (C=O) groups is 1. The second-order valence-electron chi connectivity index (χ2n) is 17.2. The molecule has 0 spiro atoms. The zero-order valence-corrected chi connectivity index (χ0v) is 37.8. The van der Waals surface area contributed by atoms with Gasteiger partial charge in [0.2, 0.25) is 5.91 Å². The second kappa shape index (κ2) is 35.5. The van der Waals surface area contributed by atoms with E-state index in [1.54, 1.807) is 6.08 Å². The molecule has 1 aliphatic rings. The Kier molecular flexibility index (Phi) is 33.7. The Balaban J connectivity index is 2.53. The van der Waals surface area contributed by atoms with Crippen molar-refractivity contribution in [3.05, 3.63) is 12.2 Å². The first-order valence-electron chi connectivity index (χ1n) is 23.7. The first-order valence-corrected chi connectivity index (χ1v) is 25.2. The smallest absolute Gasteiger partial charge is 0.393 e. The third-order valence-electron chi connectivity index (χ3n) is 11.6. The molecule has 0 bridgehead atoms. The fraction of sp³-hybridized carbons (Fsp3) is 0.933. The first kappa shape index (κ1) is 56.1. The highest BCUT2D eigenvalue weighted by Gasteiger charge is 2.51. The molecule has 1 amide bonds. The second-order valence-corrected chi connectivity index (χ2v) is 18.6. The molecule has 0 heterocycles. The van der Waals surface area contributed by atoms with Gasteiger partial charge in [-0.15, -0.1) is 0 Å². The predicted octanol–water partition coefficient (Wildman–Crippen LogP) is 7.81. The lowest BCUT2D eigenvalue weighted by Gasteiger charge is -2.41. The molecule has 0 aromatic rings. The van der Waals surface area contributed by atoms with Crippen LogP contribution >= 0.6 is 7.82 Å². The summed E-state index contributed by atoms with van der Waals surface area (Å²) < 4.78 is 22.9. The van der Waals surface area contributed by atoms with Crippen molar-refractivity contribution < 1.29 is 59.0 Å². The van der Waals surface area contributed by atoms with E-state index in [0.717, 1.165) is 44.9 Å². The largest absolute Gasteiger partial charge is 0.472 e. The summed E-state index contributed by atoms with van der Waals surface area (Å²) in [5.41, 5.74) is 0. The maximum absolute atomic E-state index is 13.0.